The maximum absolute atomic E-state index is 13.0. The Labute approximate surface area is 591 Å². The number of carboxylic acids is 1. The molecule has 2 atom stereocenters. The highest BCUT2D eigenvalue weighted by atomic mass is 16.7. The van der Waals surface area contributed by atoms with Crippen molar-refractivity contribution in [3.05, 3.63) is 36.5 Å². The summed E-state index contributed by atoms with van der Waals surface area (Å²) in [6, 6.07) is 0. The molecule has 9 heteroatoms. The molecule has 0 aromatic heterocycles. The number of carbonyl (C=O) groups is 3. The molecule has 0 aliphatic rings. The van der Waals surface area contributed by atoms with Crippen LogP contribution in [0.25, 0.3) is 0 Å². The van der Waals surface area contributed by atoms with Crippen LogP contribution in [0.1, 0.15) is 438 Å². The molecule has 0 aromatic carbocycles. The summed E-state index contributed by atoms with van der Waals surface area (Å²) >= 11 is 0. The van der Waals surface area contributed by atoms with E-state index in [1.807, 2.05) is 21.1 Å². The minimum atomic E-state index is -1.62. The van der Waals surface area contributed by atoms with Crippen LogP contribution < -0.4 is 5.11 Å². The SMILES string of the molecule is CCCCCCC/C=C\C/C=C\C/C=C\CCCCCCCCCCCCCCCCC(=O)OC(COC(=O)CCCCCCCCCCCCCCCCCCCCCCCCCCCCCCCCCCCCCCCCCCC)COC(OCC[N+](C)(C)C)C(=O)[O-]. The molecule has 0 heterocycles. The van der Waals surface area contributed by atoms with E-state index in [-0.39, 0.29) is 32.2 Å². The molecule has 0 aliphatic carbocycles. The van der Waals surface area contributed by atoms with Crippen molar-refractivity contribution >= 4 is 17.9 Å². The van der Waals surface area contributed by atoms with Gasteiger partial charge in [-0.3, -0.25) is 9.59 Å². The van der Waals surface area contributed by atoms with E-state index in [4.69, 9.17) is 18.9 Å². The monoisotopic (exact) mass is 1340 g/mol. The summed E-state index contributed by atoms with van der Waals surface area (Å²) in [6.45, 7) is 4.82. The maximum atomic E-state index is 13.0. The van der Waals surface area contributed by atoms with Crippen LogP contribution in [-0.2, 0) is 33.3 Å². The van der Waals surface area contributed by atoms with Crippen molar-refractivity contribution in [2.45, 2.75) is 450 Å². The van der Waals surface area contributed by atoms with Crippen molar-refractivity contribution in [1.82, 2.24) is 0 Å². The van der Waals surface area contributed by atoms with Crippen molar-refractivity contribution in [3.63, 3.8) is 0 Å². The van der Waals surface area contributed by atoms with Gasteiger partial charge in [-0.15, -0.1) is 0 Å². The number of ether oxygens (including phenoxy) is 4. The first-order chi connectivity index (χ1) is 46.6. The van der Waals surface area contributed by atoms with Gasteiger partial charge in [0.25, 0.3) is 0 Å². The minimum absolute atomic E-state index is 0.150. The third kappa shape index (κ3) is 78.7. The van der Waals surface area contributed by atoms with Crippen LogP contribution in [0, 0.1) is 0 Å². The number of aliphatic carboxylic acids is 1. The molecule has 95 heavy (non-hydrogen) atoms. The highest BCUT2D eigenvalue weighted by Gasteiger charge is 2.22. The second-order valence-electron chi connectivity index (χ2n) is 30.1. The fourth-order valence-electron chi connectivity index (χ4n) is 13.0. The number of carbonyl (C=O) groups excluding carboxylic acids is 3. The Bertz CT molecular complexity index is 1650. The van der Waals surface area contributed by atoms with Gasteiger partial charge in [0.05, 0.1) is 40.3 Å². The topological polar surface area (TPSA) is 111 Å². The molecule has 560 valence electrons. The van der Waals surface area contributed by atoms with E-state index in [1.54, 1.807) is 0 Å². The number of rotatable bonds is 80. The van der Waals surface area contributed by atoms with Gasteiger partial charge in [-0.2, -0.15) is 0 Å². The number of likely N-dealkylation sites (N-methyl/N-ethyl adjacent to an activating group) is 1. The first-order valence-electron chi connectivity index (χ1n) is 42.1. The zero-order valence-corrected chi connectivity index (χ0v) is 64.3. The number of nitrogens with zero attached hydrogens (tertiary/aromatic N) is 1. The zero-order chi connectivity index (χ0) is 69.0. The highest BCUT2D eigenvalue weighted by Crippen LogP contribution is 2.20. The average molecular weight is 1340 g/mol. The molecule has 0 aliphatic heterocycles. The Kier molecular flexibility index (Phi) is 75.2. The quantitative estimate of drug-likeness (QED) is 0.0195. The molecule has 0 saturated carbocycles. The number of hydrogen-bond donors (Lipinski definition) is 0. The fourth-order valence-corrected chi connectivity index (χ4v) is 13.0. The van der Waals surface area contributed by atoms with Gasteiger partial charge in [-0.1, -0.05) is 410 Å². The van der Waals surface area contributed by atoms with Crippen LogP contribution in [0.3, 0.4) is 0 Å². The average Bonchev–Trinajstić information content (AvgIpc) is 2.86. The summed E-state index contributed by atoms with van der Waals surface area (Å²) in [5, 5.41) is 11.9. The van der Waals surface area contributed by atoms with Gasteiger partial charge < -0.3 is 33.3 Å². The highest BCUT2D eigenvalue weighted by molar-refractivity contribution is 5.70. The molecule has 0 radical (unpaired) electrons. The van der Waals surface area contributed by atoms with Gasteiger partial charge in [-0.25, -0.2) is 0 Å². The lowest BCUT2D eigenvalue weighted by Gasteiger charge is -2.26. The van der Waals surface area contributed by atoms with E-state index in [1.165, 1.54) is 360 Å². The van der Waals surface area contributed by atoms with Crippen molar-refractivity contribution in [2.24, 2.45) is 0 Å². The summed E-state index contributed by atoms with van der Waals surface area (Å²) in [6.07, 6.45) is 97.3. The zero-order valence-electron chi connectivity index (χ0n) is 64.3. The first-order valence-corrected chi connectivity index (χ1v) is 42.1. The molecule has 0 fully saturated rings. The van der Waals surface area contributed by atoms with Gasteiger partial charge in [0.1, 0.15) is 13.2 Å². The second-order valence-corrected chi connectivity index (χ2v) is 30.1. The minimum Gasteiger partial charge on any atom is -0.545 e. The van der Waals surface area contributed by atoms with Gasteiger partial charge in [0, 0.05) is 12.8 Å². The van der Waals surface area contributed by atoms with Crippen LogP contribution in [0.2, 0.25) is 0 Å². The van der Waals surface area contributed by atoms with Crippen molar-refractivity contribution in [1.29, 1.82) is 0 Å². The maximum Gasteiger partial charge on any atom is 0.306 e. The third-order valence-electron chi connectivity index (χ3n) is 19.4. The number of quaternary nitrogens is 1. The van der Waals surface area contributed by atoms with E-state index >= 15 is 0 Å². The molecule has 0 rings (SSSR count). The lowest BCUT2D eigenvalue weighted by molar-refractivity contribution is -0.870. The van der Waals surface area contributed by atoms with E-state index in [2.05, 4.69) is 50.3 Å². The molecule has 0 saturated heterocycles. The van der Waals surface area contributed by atoms with Crippen LogP contribution in [0.15, 0.2) is 36.5 Å². The molecule has 0 bridgehead atoms. The summed E-state index contributed by atoms with van der Waals surface area (Å²) in [5.74, 6) is -2.25. The number of esters is 2. The summed E-state index contributed by atoms with van der Waals surface area (Å²) in [4.78, 5) is 37.6. The van der Waals surface area contributed by atoms with Gasteiger partial charge in [-0.05, 0) is 51.4 Å². The first kappa shape index (κ1) is 92.5. The Morgan fingerprint density at radius 2 is 0.568 bits per heavy atom. The number of unbranched alkanes of at least 4 members (excludes halogenated alkanes) is 59. The van der Waals surface area contributed by atoms with Gasteiger partial charge in [0.2, 0.25) is 0 Å². The molecule has 0 spiro atoms. The van der Waals surface area contributed by atoms with Crippen LogP contribution >= 0.6 is 0 Å². The largest absolute Gasteiger partial charge is 0.545 e. The standard InChI is InChI=1S/C86H163NO8/c1-6-8-10-12-14-16-18-20-22-24-26-28-30-32-34-36-37-38-39-40-41-42-43-44-45-46-47-49-50-52-54-56-58-60-62-64-66-68-70-72-74-76-83(88)93-80-82(81-94-86(85(90)91)92-79-78-87(3,4)5)95-84(89)77-75-73-71-69-67-65-63-61-59-57-55-53-51-48-35-33-31-29-27-25-23-21-19-17-15-13-11-9-7-2/h19,21,25,27,31,33,82,86H,6-18,20,22-24,26,28-30,32,34-81H2,1-5H3/b21-19-,27-25-,33-31-. The molecular weight excluding hydrogens is 1170 g/mol. The summed E-state index contributed by atoms with van der Waals surface area (Å²) in [5.41, 5.74) is 0. The second kappa shape index (κ2) is 77.3. The molecule has 0 N–H and O–H groups in total. The Hall–Kier alpha value is -2.49. The van der Waals surface area contributed by atoms with E-state index in [9.17, 15) is 19.5 Å². The fraction of sp³-hybridized carbons (Fsp3) is 0.895. The lowest BCUT2D eigenvalue weighted by Crippen LogP contribution is -2.44. The summed E-state index contributed by atoms with van der Waals surface area (Å²) in [7, 11) is 5.95. The normalized spacial score (nSPS) is 12.7. The Balaban J connectivity index is 3.91. The van der Waals surface area contributed by atoms with E-state index in [0.717, 1.165) is 44.9 Å². The van der Waals surface area contributed by atoms with Crippen molar-refractivity contribution < 1.29 is 42.9 Å². The molecular formula is C86H163NO8. The van der Waals surface area contributed by atoms with Crippen LogP contribution in [0.4, 0.5) is 0 Å². The summed E-state index contributed by atoms with van der Waals surface area (Å²) < 4.78 is 22.9. The van der Waals surface area contributed by atoms with Crippen LogP contribution in [0.5, 0.6) is 0 Å². The smallest absolute Gasteiger partial charge is 0.306 e. The number of carboxylic acid groups (broad SMARTS) is 1. The molecule has 0 amide bonds. The predicted octanol–water partition coefficient (Wildman–Crippen LogP) is 25.7. The third-order valence-corrected chi connectivity index (χ3v) is 19.4. The van der Waals surface area contributed by atoms with E-state index < -0.39 is 24.3 Å². The van der Waals surface area contributed by atoms with Crippen LogP contribution in [-0.4, -0.2) is 82.3 Å². The number of hydrogen-bond acceptors (Lipinski definition) is 8. The van der Waals surface area contributed by atoms with Crippen molar-refractivity contribution in [2.75, 3.05) is 47.5 Å². The Morgan fingerprint density at radius 1 is 0.316 bits per heavy atom. The molecule has 9 nitrogen and oxygen atoms in total. The predicted molar refractivity (Wildman–Crippen MR) is 408 cm³/mol. The van der Waals surface area contributed by atoms with Crippen molar-refractivity contribution in [3.8, 4) is 0 Å². The van der Waals surface area contributed by atoms with Gasteiger partial charge >= 0.3 is 11.9 Å². The molecule has 2 unspecified atom stereocenters. The lowest BCUT2D eigenvalue weighted by atomic mass is 10.0. The van der Waals surface area contributed by atoms with E-state index in [0.29, 0.717) is 23.9 Å². The molecule has 0 aromatic rings. The Morgan fingerprint density at radius 3 is 0.842 bits per heavy atom. The number of allylic oxidation sites excluding steroid dienone is 6. The van der Waals surface area contributed by atoms with Gasteiger partial charge in [0.15, 0.2) is 12.4 Å².